The van der Waals surface area contributed by atoms with Crippen LogP contribution in [0.3, 0.4) is 0 Å². The highest BCUT2D eigenvalue weighted by Gasteiger charge is 2.09. The summed E-state index contributed by atoms with van der Waals surface area (Å²) in [5.74, 6) is 1.34. The number of amides is 1. The molecule has 0 aliphatic rings. The van der Waals surface area contributed by atoms with Gasteiger partial charge in [0.25, 0.3) is 0 Å². The van der Waals surface area contributed by atoms with Crippen molar-refractivity contribution in [1.29, 1.82) is 0 Å². The average Bonchev–Trinajstić information content (AvgIpc) is 2.79. The Hall–Kier alpha value is -3.80. The van der Waals surface area contributed by atoms with Crippen LogP contribution in [-0.2, 0) is 11.3 Å². The lowest BCUT2D eigenvalue weighted by atomic mass is 10.2. The largest absolute Gasteiger partial charge is 0.369 e. The van der Waals surface area contributed by atoms with E-state index in [1.807, 2.05) is 66.7 Å². The van der Waals surface area contributed by atoms with Gasteiger partial charge in [-0.25, -0.2) is 9.97 Å². The molecular weight excluding hydrogens is 362 g/mol. The van der Waals surface area contributed by atoms with Gasteiger partial charge in [-0.2, -0.15) is 0 Å². The third kappa shape index (κ3) is 4.73. The number of rotatable bonds is 7. The predicted octanol–water partition coefficient (Wildman–Crippen LogP) is 3.81. The number of pyridine rings is 1. The van der Waals surface area contributed by atoms with E-state index in [4.69, 9.17) is 0 Å². The van der Waals surface area contributed by atoms with Crippen molar-refractivity contribution in [3.63, 3.8) is 0 Å². The minimum absolute atomic E-state index is 0.00549. The van der Waals surface area contributed by atoms with E-state index in [2.05, 4.69) is 25.6 Å². The van der Waals surface area contributed by atoms with Crippen LogP contribution in [0.2, 0.25) is 0 Å². The second kappa shape index (κ2) is 8.93. The SMILES string of the molecule is O=C(CCNc1nc(-c2ccncc2)nc2ccccc12)NCc1ccccc1. The second-order valence-corrected chi connectivity index (χ2v) is 6.59. The van der Waals surface area contributed by atoms with Gasteiger partial charge in [0.2, 0.25) is 5.91 Å². The highest BCUT2D eigenvalue weighted by molar-refractivity contribution is 5.90. The van der Waals surface area contributed by atoms with Crippen LogP contribution in [0, 0.1) is 0 Å². The van der Waals surface area contributed by atoms with Crippen molar-refractivity contribution in [2.75, 3.05) is 11.9 Å². The minimum Gasteiger partial charge on any atom is -0.369 e. The van der Waals surface area contributed by atoms with Gasteiger partial charge in [-0.15, -0.1) is 0 Å². The van der Waals surface area contributed by atoms with Gasteiger partial charge in [0.1, 0.15) is 5.82 Å². The third-order valence-electron chi connectivity index (χ3n) is 4.52. The van der Waals surface area contributed by atoms with E-state index in [9.17, 15) is 4.79 Å². The molecule has 2 aromatic carbocycles. The molecule has 0 spiro atoms. The van der Waals surface area contributed by atoms with Crippen LogP contribution in [0.15, 0.2) is 79.1 Å². The van der Waals surface area contributed by atoms with E-state index in [0.717, 1.165) is 27.8 Å². The van der Waals surface area contributed by atoms with Gasteiger partial charge in [0.05, 0.1) is 5.52 Å². The van der Waals surface area contributed by atoms with Crippen molar-refractivity contribution in [1.82, 2.24) is 20.3 Å². The van der Waals surface area contributed by atoms with Crippen molar-refractivity contribution in [3.8, 4) is 11.4 Å². The molecule has 0 aliphatic carbocycles. The Morgan fingerprint density at radius 2 is 1.62 bits per heavy atom. The smallest absolute Gasteiger partial charge is 0.222 e. The summed E-state index contributed by atoms with van der Waals surface area (Å²) in [6.45, 7) is 1.01. The molecule has 29 heavy (non-hydrogen) atoms. The zero-order valence-electron chi connectivity index (χ0n) is 15.9. The van der Waals surface area contributed by atoms with Gasteiger partial charge >= 0.3 is 0 Å². The zero-order valence-corrected chi connectivity index (χ0v) is 15.9. The van der Waals surface area contributed by atoms with Crippen LogP contribution in [0.25, 0.3) is 22.3 Å². The van der Waals surface area contributed by atoms with Crippen molar-refractivity contribution >= 4 is 22.6 Å². The Morgan fingerprint density at radius 1 is 0.862 bits per heavy atom. The molecule has 0 unspecified atom stereocenters. The first kappa shape index (κ1) is 18.6. The zero-order chi connectivity index (χ0) is 19.9. The number of para-hydroxylation sites is 1. The molecular formula is C23H21N5O. The topological polar surface area (TPSA) is 79.8 Å². The van der Waals surface area contributed by atoms with Gasteiger partial charge in [-0.05, 0) is 29.8 Å². The van der Waals surface area contributed by atoms with Crippen molar-refractivity contribution in [2.45, 2.75) is 13.0 Å². The summed E-state index contributed by atoms with van der Waals surface area (Å²) >= 11 is 0. The summed E-state index contributed by atoms with van der Waals surface area (Å²) in [6, 6.07) is 21.5. The van der Waals surface area contributed by atoms with Crippen LogP contribution >= 0.6 is 0 Å². The van der Waals surface area contributed by atoms with Gasteiger partial charge in [-0.1, -0.05) is 42.5 Å². The Bertz CT molecular complexity index is 1100. The quantitative estimate of drug-likeness (QED) is 0.507. The number of hydrogen-bond donors (Lipinski definition) is 2. The lowest BCUT2D eigenvalue weighted by molar-refractivity contribution is -0.121. The summed E-state index contributed by atoms with van der Waals surface area (Å²) in [6.07, 6.45) is 3.80. The highest BCUT2D eigenvalue weighted by Crippen LogP contribution is 2.24. The first-order chi connectivity index (χ1) is 14.3. The minimum atomic E-state index is -0.00549. The van der Waals surface area contributed by atoms with E-state index in [-0.39, 0.29) is 5.91 Å². The maximum atomic E-state index is 12.2. The Balaban J connectivity index is 1.44. The maximum absolute atomic E-state index is 12.2. The predicted molar refractivity (Wildman–Crippen MR) is 114 cm³/mol. The molecule has 2 N–H and O–H groups in total. The lowest BCUT2D eigenvalue weighted by Gasteiger charge is -2.11. The molecule has 0 saturated carbocycles. The third-order valence-corrected chi connectivity index (χ3v) is 4.52. The van der Waals surface area contributed by atoms with E-state index in [0.29, 0.717) is 25.3 Å². The molecule has 0 fully saturated rings. The molecule has 6 nitrogen and oxygen atoms in total. The molecule has 0 bridgehead atoms. The number of hydrogen-bond acceptors (Lipinski definition) is 5. The molecule has 2 aromatic heterocycles. The summed E-state index contributed by atoms with van der Waals surface area (Å²) in [7, 11) is 0. The van der Waals surface area contributed by atoms with Gasteiger partial charge < -0.3 is 10.6 Å². The number of anilines is 1. The fourth-order valence-corrected chi connectivity index (χ4v) is 3.02. The molecule has 4 aromatic rings. The Labute approximate surface area is 169 Å². The number of nitrogens with zero attached hydrogens (tertiary/aromatic N) is 3. The number of nitrogens with one attached hydrogen (secondary N) is 2. The van der Waals surface area contributed by atoms with Gasteiger partial charge in [0.15, 0.2) is 5.82 Å². The number of fused-ring (bicyclic) bond motifs is 1. The normalized spacial score (nSPS) is 10.6. The van der Waals surface area contributed by atoms with Crippen molar-refractivity contribution < 1.29 is 4.79 Å². The van der Waals surface area contributed by atoms with Crippen LogP contribution in [0.4, 0.5) is 5.82 Å². The van der Waals surface area contributed by atoms with Crippen LogP contribution in [0.1, 0.15) is 12.0 Å². The van der Waals surface area contributed by atoms with Gasteiger partial charge in [-0.3, -0.25) is 9.78 Å². The first-order valence-electron chi connectivity index (χ1n) is 9.51. The van der Waals surface area contributed by atoms with E-state index >= 15 is 0 Å². The molecule has 1 amide bonds. The molecule has 0 atom stereocenters. The summed E-state index contributed by atoms with van der Waals surface area (Å²) < 4.78 is 0. The number of benzene rings is 2. The maximum Gasteiger partial charge on any atom is 0.222 e. The molecule has 6 heteroatoms. The van der Waals surface area contributed by atoms with Crippen LogP contribution in [-0.4, -0.2) is 27.4 Å². The molecule has 0 aliphatic heterocycles. The molecule has 144 valence electrons. The number of aromatic nitrogens is 3. The van der Waals surface area contributed by atoms with E-state index < -0.39 is 0 Å². The molecule has 2 heterocycles. The van der Waals surface area contributed by atoms with Gasteiger partial charge in [0, 0.05) is 42.9 Å². The molecule has 4 rings (SSSR count). The fraction of sp³-hybridized carbons (Fsp3) is 0.130. The van der Waals surface area contributed by atoms with Crippen molar-refractivity contribution in [3.05, 3.63) is 84.7 Å². The lowest BCUT2D eigenvalue weighted by Crippen LogP contribution is -2.25. The standard InChI is InChI=1S/C23H21N5O/c29-21(26-16-17-6-2-1-3-7-17)12-15-25-23-19-8-4-5-9-20(19)27-22(28-23)18-10-13-24-14-11-18/h1-11,13-14H,12,15-16H2,(H,26,29)(H,25,27,28). The first-order valence-corrected chi connectivity index (χ1v) is 9.51. The highest BCUT2D eigenvalue weighted by atomic mass is 16.1. The van der Waals surface area contributed by atoms with E-state index in [1.54, 1.807) is 12.4 Å². The number of carbonyl (C=O) groups excluding carboxylic acids is 1. The Morgan fingerprint density at radius 3 is 2.45 bits per heavy atom. The van der Waals surface area contributed by atoms with Crippen LogP contribution in [0.5, 0.6) is 0 Å². The second-order valence-electron chi connectivity index (χ2n) is 6.59. The average molecular weight is 383 g/mol. The monoisotopic (exact) mass is 383 g/mol. The summed E-state index contributed by atoms with van der Waals surface area (Å²) in [5, 5.41) is 7.17. The fourth-order valence-electron chi connectivity index (χ4n) is 3.02. The van der Waals surface area contributed by atoms with Crippen LogP contribution < -0.4 is 10.6 Å². The Kier molecular flexibility index (Phi) is 5.71. The molecule has 0 saturated heterocycles. The molecule has 0 radical (unpaired) electrons. The summed E-state index contributed by atoms with van der Waals surface area (Å²) in [5.41, 5.74) is 2.83. The summed E-state index contributed by atoms with van der Waals surface area (Å²) in [4.78, 5) is 25.6. The number of carbonyl (C=O) groups is 1. The van der Waals surface area contributed by atoms with Crippen molar-refractivity contribution in [2.24, 2.45) is 0 Å². The van der Waals surface area contributed by atoms with E-state index in [1.165, 1.54) is 0 Å².